The summed E-state index contributed by atoms with van der Waals surface area (Å²) < 4.78 is 26.4. The number of hydrogen-bond donors (Lipinski definition) is 2. The Balaban J connectivity index is 1.51. The van der Waals surface area contributed by atoms with E-state index in [4.69, 9.17) is 0 Å². The molecule has 3 rings (SSSR count). The van der Waals surface area contributed by atoms with E-state index in [0.29, 0.717) is 19.5 Å². The molecule has 8 heteroatoms. The Morgan fingerprint density at radius 2 is 1.54 bits per heavy atom. The lowest BCUT2D eigenvalue weighted by Crippen LogP contribution is -2.41. The van der Waals surface area contributed by atoms with Crippen molar-refractivity contribution < 1.29 is 18.0 Å². The summed E-state index contributed by atoms with van der Waals surface area (Å²) in [6.45, 7) is 1.05. The number of hydrazine groups is 1. The summed E-state index contributed by atoms with van der Waals surface area (Å²) in [6, 6.07) is 15.3. The van der Waals surface area contributed by atoms with Crippen LogP contribution >= 0.6 is 0 Å². The monoisotopic (exact) mass is 401 g/mol. The van der Waals surface area contributed by atoms with Gasteiger partial charge in [0, 0.05) is 25.1 Å². The predicted octanol–water partition coefficient (Wildman–Crippen LogP) is 1.86. The maximum absolute atomic E-state index is 12.5. The summed E-state index contributed by atoms with van der Waals surface area (Å²) >= 11 is 0. The van der Waals surface area contributed by atoms with Crippen molar-refractivity contribution in [3.8, 4) is 0 Å². The number of nitrogens with one attached hydrogen (secondary N) is 2. The fourth-order valence-corrected chi connectivity index (χ4v) is 4.54. The SMILES string of the molecule is O=C(CCc1ccccc1)NNC(=O)c1ccc(S(=O)(=O)N2CCCC2)cc1. The van der Waals surface area contributed by atoms with E-state index in [-0.39, 0.29) is 22.8 Å². The lowest BCUT2D eigenvalue weighted by atomic mass is 10.1. The lowest BCUT2D eigenvalue weighted by molar-refractivity contribution is -0.121. The van der Waals surface area contributed by atoms with Crippen molar-refractivity contribution in [1.82, 2.24) is 15.2 Å². The van der Waals surface area contributed by atoms with E-state index in [1.165, 1.54) is 28.6 Å². The van der Waals surface area contributed by atoms with Crippen molar-refractivity contribution in [3.05, 3.63) is 65.7 Å². The van der Waals surface area contributed by atoms with Gasteiger partial charge in [-0.2, -0.15) is 4.31 Å². The van der Waals surface area contributed by atoms with Gasteiger partial charge in [0.15, 0.2) is 0 Å². The van der Waals surface area contributed by atoms with Gasteiger partial charge in [0.1, 0.15) is 0 Å². The molecule has 0 unspecified atom stereocenters. The number of carbonyl (C=O) groups excluding carboxylic acids is 2. The maximum Gasteiger partial charge on any atom is 0.269 e. The second kappa shape index (κ2) is 8.99. The second-order valence-electron chi connectivity index (χ2n) is 6.62. The van der Waals surface area contributed by atoms with Gasteiger partial charge in [0.05, 0.1) is 4.90 Å². The number of rotatable bonds is 6. The molecule has 7 nitrogen and oxygen atoms in total. The van der Waals surface area contributed by atoms with Gasteiger partial charge in [-0.3, -0.25) is 20.4 Å². The molecule has 0 aliphatic carbocycles. The summed E-state index contributed by atoms with van der Waals surface area (Å²) in [5.41, 5.74) is 6.03. The van der Waals surface area contributed by atoms with Crippen molar-refractivity contribution >= 4 is 21.8 Å². The second-order valence-corrected chi connectivity index (χ2v) is 8.56. The third-order valence-corrected chi connectivity index (χ3v) is 6.53. The first kappa shape index (κ1) is 20.0. The fourth-order valence-electron chi connectivity index (χ4n) is 3.02. The average Bonchev–Trinajstić information content (AvgIpc) is 3.27. The van der Waals surface area contributed by atoms with E-state index in [1.54, 1.807) is 0 Å². The molecule has 1 fully saturated rings. The highest BCUT2D eigenvalue weighted by molar-refractivity contribution is 7.89. The molecule has 1 aliphatic heterocycles. The Hall–Kier alpha value is -2.71. The first-order valence-corrected chi connectivity index (χ1v) is 10.6. The molecule has 0 radical (unpaired) electrons. The smallest absolute Gasteiger partial charge is 0.269 e. The minimum absolute atomic E-state index is 0.165. The highest BCUT2D eigenvalue weighted by Crippen LogP contribution is 2.21. The number of hydrogen-bond acceptors (Lipinski definition) is 4. The first-order chi connectivity index (χ1) is 13.5. The fraction of sp³-hybridized carbons (Fsp3) is 0.300. The molecule has 28 heavy (non-hydrogen) atoms. The van der Waals surface area contributed by atoms with Crippen LogP contribution in [0, 0.1) is 0 Å². The number of carbonyl (C=O) groups is 2. The van der Waals surface area contributed by atoms with E-state index < -0.39 is 15.9 Å². The van der Waals surface area contributed by atoms with Crippen LogP contribution in [0.5, 0.6) is 0 Å². The normalized spacial score (nSPS) is 14.6. The maximum atomic E-state index is 12.5. The Kier molecular flexibility index (Phi) is 6.43. The molecule has 0 spiro atoms. The van der Waals surface area contributed by atoms with Crippen LogP contribution in [-0.2, 0) is 21.2 Å². The van der Waals surface area contributed by atoms with E-state index in [9.17, 15) is 18.0 Å². The van der Waals surface area contributed by atoms with E-state index in [2.05, 4.69) is 10.9 Å². The number of benzene rings is 2. The van der Waals surface area contributed by atoms with Crippen molar-refractivity contribution in [2.24, 2.45) is 0 Å². The first-order valence-electron chi connectivity index (χ1n) is 9.20. The number of sulfonamides is 1. The van der Waals surface area contributed by atoms with Gasteiger partial charge in [-0.15, -0.1) is 0 Å². The van der Waals surface area contributed by atoms with Gasteiger partial charge in [0.2, 0.25) is 15.9 Å². The highest BCUT2D eigenvalue weighted by Gasteiger charge is 2.27. The van der Waals surface area contributed by atoms with E-state index in [0.717, 1.165) is 18.4 Å². The molecule has 148 valence electrons. The molecule has 2 amide bonds. The number of amides is 2. The summed E-state index contributed by atoms with van der Waals surface area (Å²) in [5, 5.41) is 0. The molecule has 1 saturated heterocycles. The van der Waals surface area contributed by atoms with Crippen molar-refractivity contribution in [2.45, 2.75) is 30.6 Å². The zero-order valence-corrected chi connectivity index (χ0v) is 16.2. The van der Waals surface area contributed by atoms with Crippen LogP contribution in [0.15, 0.2) is 59.5 Å². The molecule has 1 aliphatic rings. The minimum Gasteiger partial charge on any atom is -0.273 e. The van der Waals surface area contributed by atoms with Gasteiger partial charge in [-0.25, -0.2) is 8.42 Å². The summed E-state index contributed by atoms with van der Waals surface area (Å²) in [5.74, 6) is -0.802. The lowest BCUT2D eigenvalue weighted by Gasteiger charge is -2.15. The van der Waals surface area contributed by atoms with Gasteiger partial charge in [0.25, 0.3) is 5.91 Å². The predicted molar refractivity (Wildman–Crippen MR) is 105 cm³/mol. The zero-order chi connectivity index (χ0) is 20.0. The standard InChI is InChI=1S/C20H23N3O4S/c24-19(13-8-16-6-2-1-3-7-16)21-22-20(25)17-9-11-18(12-10-17)28(26,27)23-14-4-5-15-23/h1-3,6-7,9-12H,4-5,8,13-15H2,(H,21,24)(H,22,25). The van der Waals surface area contributed by atoms with E-state index in [1.807, 2.05) is 30.3 Å². The molecule has 2 aromatic carbocycles. The van der Waals surface area contributed by atoms with Crippen LogP contribution in [0.2, 0.25) is 0 Å². The average molecular weight is 401 g/mol. The summed E-state index contributed by atoms with van der Waals surface area (Å²) in [6.07, 6.45) is 2.55. The molecule has 0 bridgehead atoms. The number of aryl methyl sites for hydroxylation is 1. The van der Waals surface area contributed by atoms with Crippen molar-refractivity contribution in [1.29, 1.82) is 0 Å². The molecule has 0 aromatic heterocycles. The Labute approximate surface area is 164 Å². The number of nitrogens with zero attached hydrogens (tertiary/aromatic N) is 1. The van der Waals surface area contributed by atoms with Crippen molar-refractivity contribution in [2.75, 3.05) is 13.1 Å². The Bertz CT molecular complexity index is 922. The van der Waals surface area contributed by atoms with Crippen molar-refractivity contribution in [3.63, 3.8) is 0 Å². The van der Waals surface area contributed by atoms with Crippen LogP contribution < -0.4 is 10.9 Å². The molecule has 2 aromatic rings. The molecular formula is C20H23N3O4S. The van der Waals surface area contributed by atoms with E-state index >= 15 is 0 Å². The molecular weight excluding hydrogens is 378 g/mol. The molecule has 2 N–H and O–H groups in total. The summed E-state index contributed by atoms with van der Waals surface area (Å²) in [7, 11) is -3.51. The highest BCUT2D eigenvalue weighted by atomic mass is 32.2. The topological polar surface area (TPSA) is 95.6 Å². The van der Waals surface area contributed by atoms with Crippen LogP contribution in [0.1, 0.15) is 35.2 Å². The Morgan fingerprint density at radius 3 is 2.18 bits per heavy atom. The third kappa shape index (κ3) is 4.96. The zero-order valence-electron chi connectivity index (χ0n) is 15.4. The quantitative estimate of drug-likeness (QED) is 0.723. The van der Waals surface area contributed by atoms with Gasteiger partial charge in [-0.05, 0) is 49.1 Å². The summed E-state index contributed by atoms with van der Waals surface area (Å²) in [4.78, 5) is 24.2. The Morgan fingerprint density at radius 1 is 0.893 bits per heavy atom. The largest absolute Gasteiger partial charge is 0.273 e. The molecule has 1 heterocycles. The van der Waals surface area contributed by atoms with Crippen LogP contribution in [0.3, 0.4) is 0 Å². The van der Waals surface area contributed by atoms with Crippen LogP contribution in [-0.4, -0.2) is 37.6 Å². The molecule has 0 atom stereocenters. The van der Waals surface area contributed by atoms with Crippen LogP contribution in [0.4, 0.5) is 0 Å². The van der Waals surface area contributed by atoms with Crippen LogP contribution in [0.25, 0.3) is 0 Å². The third-order valence-electron chi connectivity index (χ3n) is 4.62. The minimum atomic E-state index is -3.51. The van der Waals surface area contributed by atoms with Gasteiger partial charge < -0.3 is 0 Å². The van der Waals surface area contributed by atoms with Gasteiger partial charge >= 0.3 is 0 Å². The molecule has 0 saturated carbocycles. The van der Waals surface area contributed by atoms with Gasteiger partial charge in [-0.1, -0.05) is 30.3 Å².